The Morgan fingerprint density at radius 3 is 2.52 bits per heavy atom. The van der Waals surface area contributed by atoms with Crippen LogP contribution in [0.1, 0.15) is 5.56 Å². The van der Waals surface area contributed by atoms with E-state index in [0.29, 0.717) is 5.82 Å². The summed E-state index contributed by atoms with van der Waals surface area (Å²) < 4.78 is 15.1. The molecule has 3 aromatic rings. The van der Waals surface area contributed by atoms with Crippen molar-refractivity contribution in [1.29, 1.82) is 0 Å². The van der Waals surface area contributed by atoms with Crippen molar-refractivity contribution in [2.24, 2.45) is 0 Å². The lowest BCUT2D eigenvalue weighted by Gasteiger charge is -2.10. The highest BCUT2D eigenvalue weighted by Crippen LogP contribution is 2.24. The third-order valence-electron chi connectivity index (χ3n) is 3.34. The number of nitrogens with zero attached hydrogens (tertiary/aromatic N) is 2. The molecule has 25 heavy (non-hydrogen) atoms. The van der Waals surface area contributed by atoms with Gasteiger partial charge >= 0.3 is 5.97 Å². The van der Waals surface area contributed by atoms with E-state index in [1.165, 1.54) is 7.11 Å². The molecule has 0 saturated carbocycles. The molecular weight excluding hydrogens is 339 g/mol. The number of hydrogen-bond donors (Lipinski definition) is 0. The molecule has 0 amide bonds. The molecule has 0 spiro atoms. The highest BCUT2D eigenvalue weighted by molar-refractivity contribution is 7.22. The Morgan fingerprint density at radius 2 is 1.88 bits per heavy atom. The van der Waals surface area contributed by atoms with E-state index in [1.54, 1.807) is 11.4 Å². The van der Waals surface area contributed by atoms with Crippen molar-refractivity contribution < 1.29 is 18.9 Å². The number of carbonyl (C=O) groups is 1. The standard InChI is InChI=1S/C17H16N2O3.CH3OP/c1-12-8-9-14-15(10-12)19(22-11-16(20)21-2)17(18-14)13-6-4-3-5-7-13;1-3-2/h3-10H,11H2,1-2H3;1H3. The number of carbonyl (C=O) groups excluding carboxylic acids is 1. The predicted octanol–water partition coefficient (Wildman–Crippen LogP) is 3.52. The van der Waals surface area contributed by atoms with Crippen molar-refractivity contribution in [3.05, 3.63) is 54.1 Å². The molecule has 0 atom stereocenters. The number of imidazole rings is 1. The summed E-state index contributed by atoms with van der Waals surface area (Å²) >= 11 is 0. The van der Waals surface area contributed by atoms with E-state index in [2.05, 4.69) is 9.72 Å². The normalized spacial score (nSPS) is 10.2. The van der Waals surface area contributed by atoms with Crippen LogP contribution in [0.2, 0.25) is 0 Å². The summed E-state index contributed by atoms with van der Waals surface area (Å²) in [4.78, 5) is 21.6. The molecule has 0 bridgehead atoms. The smallest absolute Gasteiger partial charge is 0.346 e. The number of esters is 1. The van der Waals surface area contributed by atoms with Crippen molar-refractivity contribution in [2.75, 3.05) is 20.4 Å². The van der Waals surface area contributed by atoms with Crippen LogP contribution in [-0.4, -0.2) is 36.1 Å². The van der Waals surface area contributed by atoms with Crippen LogP contribution in [0.25, 0.3) is 22.4 Å². The molecule has 0 aliphatic heterocycles. The van der Waals surface area contributed by atoms with Crippen LogP contribution in [-0.2, 0) is 14.1 Å². The second-order valence-corrected chi connectivity index (χ2v) is 5.49. The van der Waals surface area contributed by atoms with Crippen LogP contribution in [0.4, 0.5) is 0 Å². The minimum atomic E-state index is -0.437. The molecule has 0 saturated heterocycles. The average molecular weight is 358 g/mol. The highest BCUT2D eigenvalue weighted by Gasteiger charge is 2.15. The first kappa shape index (κ1) is 18.6. The summed E-state index contributed by atoms with van der Waals surface area (Å²) in [6.45, 7) is 3.37. The van der Waals surface area contributed by atoms with Crippen molar-refractivity contribution in [3.63, 3.8) is 0 Å². The van der Waals surface area contributed by atoms with Gasteiger partial charge in [0, 0.05) is 12.2 Å². The van der Waals surface area contributed by atoms with Gasteiger partial charge in [0.25, 0.3) is 0 Å². The van der Waals surface area contributed by atoms with Gasteiger partial charge in [0.15, 0.2) is 14.3 Å². The monoisotopic (exact) mass is 358 g/mol. The lowest BCUT2D eigenvalue weighted by molar-refractivity contribution is -0.145. The summed E-state index contributed by atoms with van der Waals surface area (Å²) in [5.74, 6) is 0.221. The Bertz CT molecular complexity index is 862. The lowest BCUT2D eigenvalue weighted by Crippen LogP contribution is -2.21. The number of benzene rings is 2. The quantitative estimate of drug-likeness (QED) is 0.527. The molecule has 7 heteroatoms. The van der Waals surface area contributed by atoms with Crippen LogP contribution in [0.5, 0.6) is 0 Å². The van der Waals surface area contributed by atoms with Crippen LogP contribution < -0.4 is 4.84 Å². The zero-order chi connectivity index (χ0) is 18.2. The predicted molar refractivity (Wildman–Crippen MR) is 96.9 cm³/mol. The van der Waals surface area contributed by atoms with Gasteiger partial charge in [-0.25, -0.2) is 9.78 Å². The van der Waals surface area contributed by atoms with Crippen molar-refractivity contribution in [1.82, 2.24) is 9.71 Å². The van der Waals surface area contributed by atoms with Gasteiger partial charge < -0.3 is 9.57 Å². The lowest BCUT2D eigenvalue weighted by atomic mass is 10.2. The number of ether oxygens (including phenoxy) is 1. The van der Waals surface area contributed by atoms with Gasteiger partial charge in [-0.1, -0.05) is 36.4 Å². The SMILES string of the molecule is COC(=O)COn1c(-c2ccccc2)nc2ccc(C)cc21.CP=O. The van der Waals surface area contributed by atoms with Gasteiger partial charge in [-0.3, -0.25) is 4.57 Å². The first-order valence-electron chi connectivity index (χ1n) is 7.56. The van der Waals surface area contributed by atoms with Crippen LogP contribution in [0, 0.1) is 6.92 Å². The maximum atomic E-state index is 11.4. The molecule has 3 rings (SSSR count). The Morgan fingerprint density at radius 1 is 1.20 bits per heavy atom. The Balaban J connectivity index is 0.000000701. The van der Waals surface area contributed by atoms with Crippen molar-refractivity contribution >= 4 is 25.5 Å². The summed E-state index contributed by atoms with van der Waals surface area (Å²) in [6, 6.07) is 15.6. The molecule has 1 heterocycles. The summed E-state index contributed by atoms with van der Waals surface area (Å²) in [6.07, 6.45) is 0. The Labute approximate surface area is 147 Å². The summed E-state index contributed by atoms with van der Waals surface area (Å²) in [5.41, 5.74) is 3.65. The molecule has 0 fully saturated rings. The minimum absolute atomic E-state index is 0.167. The number of aromatic nitrogens is 2. The van der Waals surface area contributed by atoms with Crippen LogP contribution in [0.3, 0.4) is 0 Å². The fourth-order valence-corrected chi connectivity index (χ4v) is 2.24. The topological polar surface area (TPSA) is 70.4 Å². The van der Waals surface area contributed by atoms with E-state index in [0.717, 1.165) is 22.2 Å². The zero-order valence-corrected chi connectivity index (χ0v) is 15.2. The van der Waals surface area contributed by atoms with Crippen molar-refractivity contribution in [2.45, 2.75) is 6.92 Å². The molecular formula is C18H19N2O4P. The van der Waals surface area contributed by atoms with E-state index in [-0.39, 0.29) is 15.1 Å². The molecule has 1 aromatic heterocycles. The molecule has 0 radical (unpaired) electrons. The van der Waals surface area contributed by atoms with E-state index < -0.39 is 5.97 Å². The number of aryl methyl sites for hydroxylation is 1. The van der Waals surface area contributed by atoms with Crippen LogP contribution >= 0.6 is 8.46 Å². The molecule has 0 unspecified atom stereocenters. The minimum Gasteiger partial charge on any atom is -0.466 e. The summed E-state index contributed by atoms with van der Waals surface area (Å²) in [7, 11) is 1.50. The largest absolute Gasteiger partial charge is 0.466 e. The van der Waals surface area contributed by atoms with E-state index >= 15 is 0 Å². The van der Waals surface area contributed by atoms with Gasteiger partial charge in [-0.2, -0.15) is 4.73 Å². The number of fused-ring (bicyclic) bond motifs is 1. The van der Waals surface area contributed by atoms with Crippen molar-refractivity contribution in [3.8, 4) is 11.4 Å². The summed E-state index contributed by atoms with van der Waals surface area (Å²) in [5, 5.41) is 0. The number of hydrogen-bond acceptors (Lipinski definition) is 5. The molecule has 0 aliphatic carbocycles. The molecule has 2 aromatic carbocycles. The number of methoxy groups -OCH3 is 1. The highest BCUT2D eigenvalue weighted by atomic mass is 31.1. The molecule has 6 nitrogen and oxygen atoms in total. The third kappa shape index (κ3) is 4.64. The number of rotatable bonds is 4. The molecule has 0 N–H and O–H groups in total. The Kier molecular flexibility index (Phi) is 6.66. The first-order valence-corrected chi connectivity index (χ1v) is 8.82. The fourth-order valence-electron chi connectivity index (χ4n) is 2.24. The van der Waals surface area contributed by atoms with Gasteiger partial charge in [0.2, 0.25) is 6.61 Å². The first-order chi connectivity index (χ1) is 12.1. The maximum Gasteiger partial charge on any atom is 0.346 e. The molecule has 0 aliphatic rings. The van der Waals surface area contributed by atoms with E-state index in [1.807, 2.05) is 55.5 Å². The van der Waals surface area contributed by atoms with E-state index in [9.17, 15) is 4.79 Å². The van der Waals surface area contributed by atoms with Gasteiger partial charge in [-0.05, 0) is 24.6 Å². The van der Waals surface area contributed by atoms with Gasteiger partial charge in [0.05, 0.1) is 12.6 Å². The molecule has 130 valence electrons. The van der Waals surface area contributed by atoms with Gasteiger partial charge in [0.1, 0.15) is 5.52 Å². The maximum absolute atomic E-state index is 11.4. The zero-order valence-electron chi connectivity index (χ0n) is 14.3. The third-order valence-corrected chi connectivity index (χ3v) is 3.34. The van der Waals surface area contributed by atoms with E-state index in [4.69, 9.17) is 9.40 Å². The second-order valence-electron chi connectivity index (χ2n) is 5.12. The second kappa shape index (κ2) is 8.94. The Hall–Kier alpha value is -2.72. The average Bonchev–Trinajstić information content (AvgIpc) is 2.99. The van der Waals surface area contributed by atoms with Gasteiger partial charge in [-0.15, -0.1) is 0 Å². The van der Waals surface area contributed by atoms with Crippen LogP contribution in [0.15, 0.2) is 48.5 Å². The fraction of sp³-hybridized carbons (Fsp3) is 0.222.